The summed E-state index contributed by atoms with van der Waals surface area (Å²) in [6.07, 6.45) is 0.346. The van der Waals surface area contributed by atoms with E-state index < -0.39 is 31.6 Å². The molecule has 0 spiro atoms. The molecule has 0 aromatic rings. The summed E-state index contributed by atoms with van der Waals surface area (Å²) >= 11 is 0. The molecule has 0 aromatic carbocycles. The van der Waals surface area contributed by atoms with Crippen molar-refractivity contribution in [2.75, 3.05) is 32.9 Å². The minimum atomic E-state index is -3.02. The van der Waals surface area contributed by atoms with Crippen molar-refractivity contribution in [1.82, 2.24) is 5.32 Å². The number of ether oxygens (including phenoxy) is 1. The third kappa shape index (κ3) is 8.45. The lowest BCUT2D eigenvalue weighted by molar-refractivity contribution is -0.156. The third-order valence-corrected chi connectivity index (χ3v) is 1.59. The van der Waals surface area contributed by atoms with E-state index in [0.29, 0.717) is 6.42 Å². The van der Waals surface area contributed by atoms with Crippen molar-refractivity contribution in [1.29, 1.82) is 0 Å². The molecule has 0 aliphatic rings. The molecule has 0 atom stereocenters. The van der Waals surface area contributed by atoms with E-state index in [4.69, 9.17) is 5.73 Å². The predicted octanol–water partition coefficient (Wildman–Crippen LogP) is 0.00440. The van der Waals surface area contributed by atoms with Crippen molar-refractivity contribution in [3.63, 3.8) is 0 Å². The number of rotatable bonds is 9. The Morgan fingerprint density at radius 3 is 2.69 bits per heavy atom. The van der Waals surface area contributed by atoms with Crippen LogP contribution in [-0.4, -0.2) is 44.7 Å². The van der Waals surface area contributed by atoms with Crippen molar-refractivity contribution < 1.29 is 27.8 Å². The first-order valence-corrected chi connectivity index (χ1v) is 4.67. The summed E-state index contributed by atoms with van der Waals surface area (Å²) < 4.78 is 40.8. The fraction of sp³-hybridized carbons (Fsp3) is 0.875. The van der Waals surface area contributed by atoms with Crippen LogP contribution in [0.1, 0.15) is 6.42 Å². The van der Waals surface area contributed by atoms with Crippen LogP contribution in [0.5, 0.6) is 0 Å². The average molecular weight is 244 g/mol. The quantitative estimate of drug-likeness (QED) is 0.560. The van der Waals surface area contributed by atoms with Gasteiger partial charge in [0.15, 0.2) is 6.61 Å². The zero-order valence-corrected chi connectivity index (χ0v) is 8.68. The summed E-state index contributed by atoms with van der Waals surface area (Å²) in [5.74, 6) is -3.64. The number of halogens is 3. The van der Waals surface area contributed by atoms with Crippen LogP contribution >= 0.6 is 0 Å². The summed E-state index contributed by atoms with van der Waals surface area (Å²) in [4.78, 5) is 13.7. The van der Waals surface area contributed by atoms with Gasteiger partial charge in [0.2, 0.25) is 5.91 Å². The van der Waals surface area contributed by atoms with Gasteiger partial charge in [0.25, 0.3) is 5.92 Å². The highest BCUT2D eigenvalue weighted by atomic mass is 19.3. The summed E-state index contributed by atoms with van der Waals surface area (Å²) in [6.45, 7) is -1.92. The van der Waals surface area contributed by atoms with E-state index in [9.17, 15) is 18.1 Å². The lowest BCUT2D eigenvalue weighted by Gasteiger charge is -2.13. The molecule has 0 fully saturated rings. The van der Waals surface area contributed by atoms with Gasteiger partial charge in [-0.25, -0.2) is 8.78 Å². The van der Waals surface area contributed by atoms with Gasteiger partial charge >= 0.3 is 0 Å². The maximum atomic E-state index is 12.5. The number of nitrogens with two attached hydrogens (primary N) is 1. The van der Waals surface area contributed by atoms with Gasteiger partial charge in [-0.05, 0) is 10.9 Å². The molecule has 8 heteroatoms. The van der Waals surface area contributed by atoms with E-state index in [-0.39, 0.29) is 13.2 Å². The highest BCUT2D eigenvalue weighted by Crippen LogP contribution is 2.10. The second-order valence-electron chi connectivity index (χ2n) is 3.07. The van der Waals surface area contributed by atoms with Crippen LogP contribution in [-0.2, 0) is 14.5 Å². The van der Waals surface area contributed by atoms with Crippen molar-refractivity contribution in [3.8, 4) is 0 Å². The Balaban J connectivity index is 3.31. The molecule has 0 rings (SSSR count). The largest absolute Gasteiger partial charge is 0.375 e. The van der Waals surface area contributed by atoms with E-state index >= 15 is 0 Å². The van der Waals surface area contributed by atoms with E-state index in [2.05, 4.69) is 15.0 Å². The number of carbonyl (C=O) groups is 1. The number of amides is 1. The van der Waals surface area contributed by atoms with E-state index in [0.717, 1.165) is 0 Å². The standard InChI is InChI=1S/C8H15F3N2O3/c9-8(10,5-12)6-15-3-1-2-13-7(14)4-16-11/h1-6,12H2,(H,13,14). The molecule has 1 amide bonds. The molecule has 0 bridgehead atoms. The molecule has 0 aromatic heterocycles. The molecular formula is C8H15F3N2O3. The van der Waals surface area contributed by atoms with Gasteiger partial charge in [0, 0.05) is 13.2 Å². The Morgan fingerprint density at radius 1 is 1.44 bits per heavy atom. The predicted molar refractivity (Wildman–Crippen MR) is 49.5 cm³/mol. The maximum absolute atomic E-state index is 12.5. The molecule has 16 heavy (non-hydrogen) atoms. The first-order valence-electron chi connectivity index (χ1n) is 4.67. The SMILES string of the molecule is NCC(F)(F)COCCCNC(=O)COF. The highest BCUT2D eigenvalue weighted by molar-refractivity contribution is 5.76. The second kappa shape index (κ2) is 8.31. The summed E-state index contributed by atoms with van der Waals surface area (Å²) in [5, 5.41) is 2.30. The summed E-state index contributed by atoms with van der Waals surface area (Å²) in [6, 6.07) is 0. The van der Waals surface area contributed by atoms with Crippen molar-refractivity contribution >= 4 is 5.91 Å². The fourth-order valence-corrected chi connectivity index (χ4v) is 0.783. The minimum absolute atomic E-state index is 0.0619. The number of hydrogen-bond acceptors (Lipinski definition) is 4. The Morgan fingerprint density at radius 2 is 2.12 bits per heavy atom. The van der Waals surface area contributed by atoms with E-state index in [1.807, 2.05) is 0 Å². The maximum Gasteiger partial charge on any atom is 0.282 e. The summed E-state index contributed by atoms with van der Waals surface area (Å²) in [5.41, 5.74) is 4.78. The molecule has 3 N–H and O–H groups in total. The van der Waals surface area contributed by atoms with Gasteiger partial charge in [0.1, 0.15) is 6.61 Å². The topological polar surface area (TPSA) is 73.6 Å². The van der Waals surface area contributed by atoms with E-state index in [1.165, 1.54) is 0 Å². The molecule has 0 radical (unpaired) electrons. The zero-order chi connectivity index (χ0) is 12.4. The van der Waals surface area contributed by atoms with Crippen LogP contribution in [0.25, 0.3) is 0 Å². The first kappa shape index (κ1) is 15.1. The molecule has 0 aliphatic carbocycles. The molecule has 0 unspecified atom stereocenters. The average Bonchev–Trinajstić information content (AvgIpc) is 2.23. The van der Waals surface area contributed by atoms with Gasteiger partial charge in [-0.3, -0.25) is 4.79 Å². The van der Waals surface area contributed by atoms with Crippen LogP contribution in [0.3, 0.4) is 0 Å². The molecule has 0 heterocycles. The number of carbonyl (C=O) groups excluding carboxylic acids is 1. The number of hydrogen-bond donors (Lipinski definition) is 2. The monoisotopic (exact) mass is 244 g/mol. The van der Waals surface area contributed by atoms with Crippen molar-refractivity contribution in [2.24, 2.45) is 5.73 Å². The Labute approximate surface area is 91.0 Å². The summed E-state index contributed by atoms with van der Waals surface area (Å²) in [7, 11) is 0. The normalized spacial score (nSPS) is 11.5. The van der Waals surface area contributed by atoms with Crippen molar-refractivity contribution in [2.45, 2.75) is 12.3 Å². The van der Waals surface area contributed by atoms with Gasteiger partial charge in [-0.2, -0.15) is 4.94 Å². The van der Waals surface area contributed by atoms with Crippen LogP contribution in [0, 0.1) is 0 Å². The minimum Gasteiger partial charge on any atom is -0.375 e. The van der Waals surface area contributed by atoms with Crippen LogP contribution < -0.4 is 11.1 Å². The third-order valence-electron chi connectivity index (χ3n) is 1.59. The van der Waals surface area contributed by atoms with Crippen LogP contribution in [0.2, 0.25) is 0 Å². The Hall–Kier alpha value is -0.860. The first-order chi connectivity index (χ1) is 7.52. The Kier molecular flexibility index (Phi) is 7.86. The lowest BCUT2D eigenvalue weighted by Crippen LogP contribution is -2.33. The number of alkyl halides is 2. The Bertz CT molecular complexity index is 205. The highest BCUT2D eigenvalue weighted by Gasteiger charge is 2.26. The smallest absolute Gasteiger partial charge is 0.282 e. The van der Waals surface area contributed by atoms with Gasteiger partial charge < -0.3 is 15.8 Å². The molecule has 0 aliphatic heterocycles. The zero-order valence-electron chi connectivity index (χ0n) is 8.68. The van der Waals surface area contributed by atoms with Gasteiger partial charge in [0.05, 0.1) is 6.54 Å². The lowest BCUT2D eigenvalue weighted by atomic mass is 10.3. The molecule has 5 nitrogen and oxygen atoms in total. The number of nitrogens with one attached hydrogen (secondary N) is 1. The molecule has 0 saturated carbocycles. The van der Waals surface area contributed by atoms with E-state index in [1.54, 1.807) is 0 Å². The molecular weight excluding hydrogens is 229 g/mol. The van der Waals surface area contributed by atoms with Crippen LogP contribution in [0.15, 0.2) is 0 Å². The fourth-order valence-electron chi connectivity index (χ4n) is 0.783. The van der Waals surface area contributed by atoms with Crippen molar-refractivity contribution in [3.05, 3.63) is 0 Å². The second-order valence-corrected chi connectivity index (χ2v) is 3.07. The van der Waals surface area contributed by atoms with Gasteiger partial charge in [-0.1, -0.05) is 0 Å². The van der Waals surface area contributed by atoms with Gasteiger partial charge in [-0.15, -0.1) is 0 Å². The van der Waals surface area contributed by atoms with Crippen LogP contribution in [0.4, 0.5) is 13.3 Å². The molecule has 0 saturated heterocycles. The molecule has 96 valence electrons.